The summed E-state index contributed by atoms with van der Waals surface area (Å²) in [6.45, 7) is 0.243. The summed E-state index contributed by atoms with van der Waals surface area (Å²) >= 11 is 7.03. The third kappa shape index (κ3) is 1.70. The van der Waals surface area contributed by atoms with Crippen LogP contribution in [0, 0.1) is 0 Å². The maximum atomic E-state index is 9.17. The van der Waals surface area contributed by atoms with Gasteiger partial charge in [-0.3, -0.25) is 0 Å². The Balaban J connectivity index is 2.74. The van der Waals surface area contributed by atoms with Crippen molar-refractivity contribution in [3.8, 4) is 0 Å². The van der Waals surface area contributed by atoms with Crippen LogP contribution >= 0.6 is 22.9 Å². The molecule has 1 unspecified atom stereocenters. The molecule has 1 aromatic rings. The van der Waals surface area contributed by atoms with Gasteiger partial charge in [0.1, 0.15) is 0 Å². The molecule has 4 heteroatoms. The Labute approximate surface area is 68.2 Å². The number of rotatable bonds is 2. The van der Waals surface area contributed by atoms with Gasteiger partial charge in [0, 0.05) is 6.54 Å². The van der Waals surface area contributed by atoms with Crippen molar-refractivity contribution in [2.45, 2.75) is 6.10 Å². The first kappa shape index (κ1) is 8.01. The standard InChI is InChI=1S/C6H8ClNOS/c7-6-1-4(3-10-6)5(9)2-8/h1,3,5,9H,2,8H2. The second-order valence-electron chi connectivity index (χ2n) is 1.94. The predicted molar refractivity (Wildman–Crippen MR) is 43.3 cm³/mol. The van der Waals surface area contributed by atoms with Gasteiger partial charge in [0.2, 0.25) is 0 Å². The van der Waals surface area contributed by atoms with Gasteiger partial charge in [0.05, 0.1) is 10.4 Å². The Morgan fingerprint density at radius 2 is 2.50 bits per heavy atom. The molecule has 1 heterocycles. The fourth-order valence-corrected chi connectivity index (χ4v) is 1.57. The Morgan fingerprint density at radius 1 is 1.80 bits per heavy atom. The largest absolute Gasteiger partial charge is 0.387 e. The zero-order valence-electron chi connectivity index (χ0n) is 5.25. The molecule has 0 amide bonds. The van der Waals surface area contributed by atoms with E-state index in [9.17, 15) is 0 Å². The van der Waals surface area contributed by atoms with Gasteiger partial charge < -0.3 is 10.8 Å². The van der Waals surface area contributed by atoms with E-state index in [1.807, 2.05) is 0 Å². The monoisotopic (exact) mass is 177 g/mol. The van der Waals surface area contributed by atoms with E-state index < -0.39 is 6.10 Å². The Hall–Kier alpha value is -0.0900. The molecule has 0 saturated carbocycles. The SMILES string of the molecule is NCC(O)c1csc(Cl)c1. The molecule has 0 fully saturated rings. The lowest BCUT2D eigenvalue weighted by atomic mass is 10.2. The lowest BCUT2D eigenvalue weighted by Crippen LogP contribution is -2.10. The van der Waals surface area contributed by atoms with Crippen LogP contribution in [0.1, 0.15) is 11.7 Å². The molecule has 0 bridgehead atoms. The van der Waals surface area contributed by atoms with Crippen molar-refractivity contribution >= 4 is 22.9 Å². The van der Waals surface area contributed by atoms with Crippen LogP contribution in [0.25, 0.3) is 0 Å². The highest BCUT2D eigenvalue weighted by Gasteiger charge is 2.05. The van der Waals surface area contributed by atoms with Crippen molar-refractivity contribution in [1.82, 2.24) is 0 Å². The van der Waals surface area contributed by atoms with E-state index in [4.69, 9.17) is 22.4 Å². The van der Waals surface area contributed by atoms with Gasteiger partial charge in [-0.15, -0.1) is 11.3 Å². The number of halogens is 1. The molecule has 0 aliphatic heterocycles. The highest BCUT2D eigenvalue weighted by Crippen LogP contribution is 2.23. The Bertz CT molecular complexity index is 213. The number of thiophene rings is 1. The van der Waals surface area contributed by atoms with Crippen LogP contribution in [0.3, 0.4) is 0 Å². The third-order valence-electron chi connectivity index (χ3n) is 1.20. The number of hydrogen-bond donors (Lipinski definition) is 2. The van der Waals surface area contributed by atoms with Gasteiger partial charge in [-0.25, -0.2) is 0 Å². The van der Waals surface area contributed by atoms with E-state index in [1.165, 1.54) is 11.3 Å². The molecule has 1 atom stereocenters. The first-order chi connectivity index (χ1) is 4.74. The van der Waals surface area contributed by atoms with Crippen LogP contribution in [0.5, 0.6) is 0 Å². The average Bonchev–Trinajstić information content (AvgIpc) is 2.34. The van der Waals surface area contributed by atoms with Crippen LogP contribution in [-0.4, -0.2) is 11.7 Å². The van der Waals surface area contributed by atoms with Gasteiger partial charge in [-0.1, -0.05) is 11.6 Å². The minimum Gasteiger partial charge on any atom is -0.387 e. The van der Waals surface area contributed by atoms with E-state index >= 15 is 0 Å². The molecule has 1 rings (SSSR count). The number of nitrogens with two attached hydrogens (primary N) is 1. The van der Waals surface area contributed by atoms with Crippen molar-refractivity contribution < 1.29 is 5.11 Å². The van der Waals surface area contributed by atoms with E-state index in [0.29, 0.717) is 4.34 Å². The molecule has 0 radical (unpaired) electrons. The summed E-state index contributed by atoms with van der Waals surface area (Å²) in [7, 11) is 0. The van der Waals surface area contributed by atoms with Crippen molar-refractivity contribution in [2.24, 2.45) is 5.73 Å². The first-order valence-electron chi connectivity index (χ1n) is 2.86. The van der Waals surface area contributed by atoms with E-state index in [-0.39, 0.29) is 6.54 Å². The maximum absolute atomic E-state index is 9.17. The molecule has 1 aromatic heterocycles. The van der Waals surface area contributed by atoms with Crippen molar-refractivity contribution in [3.05, 3.63) is 21.3 Å². The highest BCUT2D eigenvalue weighted by molar-refractivity contribution is 7.14. The fourth-order valence-electron chi connectivity index (χ4n) is 0.634. The van der Waals surface area contributed by atoms with Gasteiger partial charge in [-0.2, -0.15) is 0 Å². The minimum atomic E-state index is -0.566. The van der Waals surface area contributed by atoms with Crippen LogP contribution in [-0.2, 0) is 0 Å². The summed E-state index contributed by atoms with van der Waals surface area (Å²) in [5.41, 5.74) is 6.03. The zero-order chi connectivity index (χ0) is 7.56. The smallest absolute Gasteiger partial charge is 0.0932 e. The summed E-state index contributed by atoms with van der Waals surface area (Å²) in [6, 6.07) is 1.73. The van der Waals surface area contributed by atoms with Gasteiger partial charge in [-0.05, 0) is 17.0 Å². The summed E-state index contributed by atoms with van der Waals surface area (Å²) < 4.78 is 0.683. The van der Waals surface area contributed by atoms with E-state index in [2.05, 4.69) is 0 Å². The lowest BCUT2D eigenvalue weighted by molar-refractivity contribution is 0.187. The number of aliphatic hydroxyl groups excluding tert-OH is 1. The van der Waals surface area contributed by atoms with Crippen molar-refractivity contribution in [1.29, 1.82) is 0 Å². The molecule has 0 saturated heterocycles. The molecule has 3 N–H and O–H groups in total. The average molecular weight is 178 g/mol. The van der Waals surface area contributed by atoms with Crippen LogP contribution in [0.4, 0.5) is 0 Å². The van der Waals surface area contributed by atoms with E-state index in [1.54, 1.807) is 11.4 Å². The molecule has 2 nitrogen and oxygen atoms in total. The molecule has 10 heavy (non-hydrogen) atoms. The molecule has 56 valence electrons. The lowest BCUT2D eigenvalue weighted by Gasteiger charge is -2.02. The third-order valence-corrected chi connectivity index (χ3v) is 2.31. The normalized spacial score (nSPS) is 13.5. The van der Waals surface area contributed by atoms with Crippen molar-refractivity contribution in [2.75, 3.05) is 6.54 Å². The molecular weight excluding hydrogens is 170 g/mol. The van der Waals surface area contributed by atoms with Crippen LogP contribution in [0.2, 0.25) is 4.34 Å². The first-order valence-corrected chi connectivity index (χ1v) is 4.12. The molecule has 0 aliphatic rings. The Morgan fingerprint density at radius 3 is 2.90 bits per heavy atom. The molecular formula is C6H8ClNOS. The number of hydrogen-bond acceptors (Lipinski definition) is 3. The molecule has 0 spiro atoms. The molecule has 0 aromatic carbocycles. The summed E-state index contributed by atoms with van der Waals surface area (Å²) in [5.74, 6) is 0. The Kier molecular flexibility index (Phi) is 2.68. The van der Waals surface area contributed by atoms with Crippen molar-refractivity contribution in [3.63, 3.8) is 0 Å². The van der Waals surface area contributed by atoms with Crippen LogP contribution in [0.15, 0.2) is 11.4 Å². The van der Waals surface area contributed by atoms with Gasteiger partial charge in [0.25, 0.3) is 0 Å². The highest BCUT2D eigenvalue weighted by atomic mass is 35.5. The van der Waals surface area contributed by atoms with Crippen LogP contribution < -0.4 is 5.73 Å². The summed E-state index contributed by atoms with van der Waals surface area (Å²) in [5, 5.41) is 11.0. The minimum absolute atomic E-state index is 0.243. The predicted octanol–water partition coefficient (Wildman–Crippen LogP) is 1.39. The number of aliphatic hydroxyl groups is 1. The maximum Gasteiger partial charge on any atom is 0.0932 e. The topological polar surface area (TPSA) is 46.2 Å². The fraction of sp³-hybridized carbons (Fsp3) is 0.333. The quantitative estimate of drug-likeness (QED) is 0.718. The second-order valence-corrected chi connectivity index (χ2v) is 3.48. The van der Waals surface area contributed by atoms with E-state index in [0.717, 1.165) is 5.56 Å². The summed E-state index contributed by atoms with van der Waals surface area (Å²) in [6.07, 6.45) is -0.566. The molecule has 0 aliphatic carbocycles. The second kappa shape index (κ2) is 3.34. The van der Waals surface area contributed by atoms with Gasteiger partial charge >= 0.3 is 0 Å². The summed E-state index contributed by atoms with van der Waals surface area (Å²) in [4.78, 5) is 0. The van der Waals surface area contributed by atoms with Gasteiger partial charge in [0.15, 0.2) is 0 Å². The zero-order valence-corrected chi connectivity index (χ0v) is 6.82.